The highest BCUT2D eigenvalue weighted by Crippen LogP contribution is 2.38. The van der Waals surface area contributed by atoms with Crippen LogP contribution in [0, 0.1) is 11.3 Å². The van der Waals surface area contributed by atoms with Crippen molar-refractivity contribution in [1.82, 2.24) is 19.5 Å². The van der Waals surface area contributed by atoms with E-state index in [0.717, 1.165) is 6.07 Å². The lowest BCUT2D eigenvalue weighted by Gasteiger charge is -2.50. The van der Waals surface area contributed by atoms with Crippen LogP contribution < -0.4 is 15.4 Å². The van der Waals surface area contributed by atoms with E-state index in [2.05, 4.69) is 37.7 Å². The van der Waals surface area contributed by atoms with Crippen LogP contribution in [-0.2, 0) is 4.74 Å². The number of aromatic nitrogens is 3. The number of hydrogen-bond acceptors (Lipinski definition) is 9. The number of rotatable bonds is 9. The Kier molecular flexibility index (Phi) is 7.09. The molecular formula is C24H28F4N8O2. The van der Waals surface area contributed by atoms with Gasteiger partial charge in [0.15, 0.2) is 5.82 Å². The quantitative estimate of drug-likeness (QED) is 0.273. The number of nitrogens with one attached hydrogen (secondary N) is 3. The smallest absolute Gasteiger partial charge is 0.255 e. The molecule has 5 rings (SSSR count). The normalized spacial score (nSPS) is 21.3. The summed E-state index contributed by atoms with van der Waals surface area (Å²) in [7, 11) is 1.42. The van der Waals surface area contributed by atoms with E-state index in [-0.39, 0.29) is 35.3 Å². The van der Waals surface area contributed by atoms with E-state index in [1.54, 1.807) is 12.3 Å². The van der Waals surface area contributed by atoms with Crippen molar-refractivity contribution in [2.24, 2.45) is 5.11 Å². The average molecular weight is 537 g/mol. The highest BCUT2D eigenvalue weighted by Gasteiger charge is 2.43. The molecule has 2 aliphatic heterocycles. The Morgan fingerprint density at radius 1 is 1.34 bits per heavy atom. The van der Waals surface area contributed by atoms with Gasteiger partial charge in [-0.15, -0.1) is 5.10 Å². The maximum atomic E-state index is 15.1. The SMILES string of the molecule is COc1nc(N[C@H]2CCN(C3(C)COC3)C[C@H]2F)nn2ccc(-c3cc(F)c(N=N)c(NCC(F)F)c3)c12. The van der Waals surface area contributed by atoms with Crippen molar-refractivity contribution in [3.05, 3.63) is 30.2 Å². The number of likely N-dealkylation sites (tertiary alicyclic amines) is 1. The van der Waals surface area contributed by atoms with E-state index < -0.39 is 31.0 Å². The van der Waals surface area contributed by atoms with Gasteiger partial charge < -0.3 is 20.1 Å². The first kappa shape index (κ1) is 26.1. The number of benzene rings is 1. The van der Waals surface area contributed by atoms with Crippen LogP contribution in [-0.4, -0.2) is 83.6 Å². The van der Waals surface area contributed by atoms with Crippen molar-refractivity contribution >= 4 is 22.8 Å². The largest absolute Gasteiger partial charge is 0.479 e. The van der Waals surface area contributed by atoms with E-state index in [1.807, 2.05) is 0 Å². The Balaban J connectivity index is 1.42. The molecule has 0 amide bonds. The molecule has 3 N–H and O–H groups in total. The summed E-state index contributed by atoms with van der Waals surface area (Å²) in [4.78, 5) is 6.53. The Bertz CT molecular complexity index is 1330. The van der Waals surface area contributed by atoms with Gasteiger partial charge in [-0.3, -0.25) is 4.90 Å². The summed E-state index contributed by atoms with van der Waals surface area (Å²) in [6.07, 6.45) is -1.66. The monoisotopic (exact) mass is 536 g/mol. The minimum Gasteiger partial charge on any atom is -0.479 e. The maximum Gasteiger partial charge on any atom is 0.255 e. The number of hydrogen-bond donors (Lipinski definition) is 3. The summed E-state index contributed by atoms with van der Waals surface area (Å²) >= 11 is 0. The first-order valence-corrected chi connectivity index (χ1v) is 12.1. The van der Waals surface area contributed by atoms with Crippen molar-refractivity contribution in [3.8, 4) is 17.0 Å². The summed E-state index contributed by atoms with van der Waals surface area (Å²) in [5.41, 5.74) is 7.86. The lowest BCUT2D eigenvalue weighted by Crippen LogP contribution is -2.64. The molecule has 204 valence electrons. The zero-order valence-electron chi connectivity index (χ0n) is 20.8. The Morgan fingerprint density at radius 2 is 2.13 bits per heavy atom. The Hall–Kier alpha value is -3.52. The predicted octanol–water partition coefficient (Wildman–Crippen LogP) is 4.50. The predicted molar refractivity (Wildman–Crippen MR) is 132 cm³/mol. The summed E-state index contributed by atoms with van der Waals surface area (Å²) < 4.78 is 67.6. The average Bonchev–Trinajstić information content (AvgIpc) is 3.30. The third-order valence-corrected chi connectivity index (χ3v) is 7.05. The molecule has 38 heavy (non-hydrogen) atoms. The van der Waals surface area contributed by atoms with Crippen LogP contribution in [0.3, 0.4) is 0 Å². The van der Waals surface area contributed by atoms with Crippen molar-refractivity contribution < 1.29 is 27.0 Å². The lowest BCUT2D eigenvalue weighted by atomic mass is 9.92. The molecule has 2 atom stereocenters. The van der Waals surface area contributed by atoms with Gasteiger partial charge in [-0.25, -0.2) is 27.6 Å². The minimum atomic E-state index is -2.68. The molecular weight excluding hydrogens is 508 g/mol. The number of piperidine rings is 1. The topological polar surface area (TPSA) is 112 Å². The highest BCUT2D eigenvalue weighted by atomic mass is 19.3. The molecule has 0 unspecified atom stereocenters. The number of alkyl halides is 3. The number of nitrogens with zero attached hydrogens (tertiary/aromatic N) is 5. The first-order chi connectivity index (χ1) is 18.2. The van der Waals surface area contributed by atoms with Crippen molar-refractivity contribution in [1.29, 1.82) is 5.53 Å². The Morgan fingerprint density at radius 3 is 2.76 bits per heavy atom. The van der Waals surface area contributed by atoms with Crippen LogP contribution >= 0.6 is 0 Å². The van der Waals surface area contributed by atoms with Gasteiger partial charge in [0.05, 0.1) is 44.1 Å². The van der Waals surface area contributed by atoms with E-state index in [1.165, 1.54) is 17.7 Å². The van der Waals surface area contributed by atoms with E-state index in [9.17, 15) is 13.2 Å². The molecule has 2 aliphatic rings. The lowest BCUT2D eigenvalue weighted by molar-refractivity contribution is -0.142. The van der Waals surface area contributed by atoms with Crippen LogP contribution in [0.1, 0.15) is 13.3 Å². The molecule has 2 saturated heterocycles. The minimum absolute atomic E-state index is 0.0459. The van der Waals surface area contributed by atoms with Crippen LogP contribution in [0.25, 0.3) is 16.6 Å². The second-order valence-corrected chi connectivity index (χ2v) is 9.70. The van der Waals surface area contributed by atoms with Crippen molar-refractivity contribution in [3.63, 3.8) is 0 Å². The number of fused-ring (bicyclic) bond motifs is 1. The molecule has 2 aromatic heterocycles. The molecule has 0 saturated carbocycles. The van der Waals surface area contributed by atoms with Crippen molar-refractivity contribution in [2.45, 2.75) is 37.5 Å². The summed E-state index contributed by atoms with van der Waals surface area (Å²) in [6, 6.07) is 3.73. The number of methoxy groups -OCH3 is 1. The number of ether oxygens (including phenoxy) is 2. The van der Waals surface area contributed by atoms with Crippen LogP contribution in [0.15, 0.2) is 29.5 Å². The molecule has 14 heteroatoms. The van der Waals surface area contributed by atoms with Crippen LogP contribution in [0.5, 0.6) is 5.88 Å². The van der Waals surface area contributed by atoms with Crippen LogP contribution in [0.2, 0.25) is 0 Å². The van der Waals surface area contributed by atoms with Gasteiger partial charge in [0.25, 0.3) is 6.43 Å². The zero-order chi connectivity index (χ0) is 27.0. The third kappa shape index (κ3) is 4.85. The number of anilines is 2. The van der Waals surface area contributed by atoms with E-state index in [0.29, 0.717) is 42.8 Å². The van der Waals surface area contributed by atoms with Gasteiger partial charge in [0.2, 0.25) is 11.8 Å². The fraction of sp³-hybridized carbons (Fsp3) is 0.500. The van der Waals surface area contributed by atoms with Gasteiger partial charge in [0.1, 0.15) is 17.4 Å². The highest BCUT2D eigenvalue weighted by molar-refractivity contribution is 5.87. The fourth-order valence-electron chi connectivity index (χ4n) is 4.92. The standard InChI is InChI=1S/C24H28F4N8O2/c1-24(11-38-12-24)35-5-4-17(16(26)10-35)31-23-32-22(37-2)21-14(3-6-36(21)34-23)13-7-15(25)20(33-29)18(8-13)30-9-19(27)28/h3,6-8,16-17,19,29-30H,4-5,9-12H2,1-2H3,(H,31,34)/t16-,17+/m1/s1. The van der Waals surface area contributed by atoms with Gasteiger partial charge in [-0.2, -0.15) is 10.1 Å². The molecule has 0 spiro atoms. The van der Waals surface area contributed by atoms with Gasteiger partial charge in [-0.1, -0.05) is 0 Å². The summed E-state index contributed by atoms with van der Waals surface area (Å²) in [5.74, 6) is -0.523. The van der Waals surface area contributed by atoms with E-state index in [4.69, 9.17) is 15.0 Å². The maximum absolute atomic E-state index is 15.1. The fourth-order valence-corrected chi connectivity index (χ4v) is 4.92. The first-order valence-electron chi connectivity index (χ1n) is 12.1. The molecule has 10 nitrogen and oxygen atoms in total. The van der Waals surface area contributed by atoms with Crippen molar-refractivity contribution in [2.75, 3.05) is 50.6 Å². The second kappa shape index (κ2) is 10.3. The molecule has 0 aliphatic carbocycles. The molecule has 0 radical (unpaired) electrons. The van der Waals surface area contributed by atoms with Crippen LogP contribution in [0.4, 0.5) is 34.9 Å². The third-order valence-electron chi connectivity index (χ3n) is 7.05. The van der Waals surface area contributed by atoms with Gasteiger partial charge in [-0.05, 0) is 37.1 Å². The van der Waals surface area contributed by atoms with Gasteiger partial charge >= 0.3 is 0 Å². The molecule has 3 aromatic rings. The van der Waals surface area contributed by atoms with E-state index >= 15 is 4.39 Å². The number of halogens is 4. The summed E-state index contributed by atoms with van der Waals surface area (Å²) in [5, 5.41) is 13.1. The Labute approximate surface area is 215 Å². The zero-order valence-corrected chi connectivity index (χ0v) is 20.8. The molecule has 4 heterocycles. The summed E-state index contributed by atoms with van der Waals surface area (Å²) in [6.45, 7) is 3.52. The van der Waals surface area contributed by atoms with Gasteiger partial charge in [0, 0.05) is 24.8 Å². The molecule has 1 aromatic carbocycles. The second-order valence-electron chi connectivity index (χ2n) is 9.70. The molecule has 0 bridgehead atoms. The molecule has 2 fully saturated rings.